The number of hydrogen-bond donors (Lipinski definition) is 0. The summed E-state index contributed by atoms with van der Waals surface area (Å²) in [7, 11) is 0. The van der Waals surface area contributed by atoms with Crippen LogP contribution in [0.1, 0.15) is 13.9 Å². The van der Waals surface area contributed by atoms with Crippen molar-refractivity contribution in [2.75, 3.05) is 0 Å². The van der Waals surface area contributed by atoms with Gasteiger partial charge in [0.2, 0.25) is 12.2 Å². The number of carbonyl (C=O) groups excluding carboxylic acids is 2. The summed E-state index contributed by atoms with van der Waals surface area (Å²) < 4.78 is 15.8. The fraction of sp³-hybridized carbons (Fsp3) is 0. The van der Waals surface area contributed by atoms with Crippen LogP contribution in [0.25, 0.3) is 11.4 Å². The van der Waals surface area contributed by atoms with E-state index in [0.29, 0.717) is 11.1 Å². The highest BCUT2D eigenvalue weighted by Crippen LogP contribution is 2.27. The lowest BCUT2D eigenvalue weighted by Gasteiger charge is -2.06. The molecule has 0 aliphatic carbocycles. The Balaban J connectivity index is 2.86. The summed E-state index contributed by atoms with van der Waals surface area (Å²) in [5, 5.41) is 0. The van der Waals surface area contributed by atoms with Crippen LogP contribution in [0.3, 0.4) is 0 Å². The van der Waals surface area contributed by atoms with Gasteiger partial charge in [0.15, 0.2) is 0 Å². The minimum absolute atomic E-state index is 0.00338. The first-order valence-corrected chi connectivity index (χ1v) is 5.71. The fourth-order valence-corrected chi connectivity index (χ4v) is 1.65. The number of hydrogen-bond acceptors (Lipinski definition) is 4. The Kier molecular flexibility index (Phi) is 3.66. The maximum absolute atomic E-state index is 10.8. The first-order chi connectivity index (χ1) is 10.7. The van der Waals surface area contributed by atoms with Crippen LogP contribution in [0.4, 0.5) is 0 Å². The van der Waals surface area contributed by atoms with Gasteiger partial charge in [-0.25, -0.2) is 9.59 Å². The number of nitrogens with zero attached hydrogens (tertiary/aromatic N) is 2. The Morgan fingerprint density at radius 1 is 0.800 bits per heavy atom. The Hall–Kier alpha value is -3.06. The minimum Gasteiger partial charge on any atom is -0.211 e. The molecule has 4 heteroatoms. The van der Waals surface area contributed by atoms with Gasteiger partial charge in [0.25, 0.3) is 0 Å². The van der Waals surface area contributed by atoms with Crippen molar-refractivity contribution in [3.8, 4) is 0 Å². The number of isocyanates is 2. The van der Waals surface area contributed by atoms with Crippen LogP contribution in [-0.4, -0.2) is 12.2 Å². The van der Waals surface area contributed by atoms with E-state index in [0.717, 1.165) is 0 Å². The predicted octanol–water partition coefficient (Wildman–Crippen LogP) is 3.18. The standard InChI is InChI=1S/C16H10N2O2/c19-11-17-15(13-7-3-1-4-8-13)16(18-12-20)14-9-5-2-6-10-14/h1-10H/i7D,9D. The van der Waals surface area contributed by atoms with Crippen LogP contribution in [-0.2, 0) is 9.59 Å². The van der Waals surface area contributed by atoms with Crippen molar-refractivity contribution in [2.24, 2.45) is 9.98 Å². The van der Waals surface area contributed by atoms with Crippen LogP contribution in [0.15, 0.2) is 70.6 Å². The Morgan fingerprint density at radius 2 is 1.25 bits per heavy atom. The van der Waals surface area contributed by atoms with E-state index in [9.17, 15) is 9.59 Å². The zero-order valence-corrected chi connectivity index (χ0v) is 10.3. The molecule has 4 nitrogen and oxygen atoms in total. The highest BCUT2D eigenvalue weighted by molar-refractivity contribution is 5.92. The summed E-state index contributed by atoms with van der Waals surface area (Å²) >= 11 is 0. The van der Waals surface area contributed by atoms with Crippen LogP contribution in [0, 0.1) is 0 Å². The average Bonchev–Trinajstić information content (AvgIpc) is 2.52. The second-order valence-corrected chi connectivity index (χ2v) is 3.66. The molecule has 0 fully saturated rings. The Bertz CT molecular complexity index is 764. The van der Waals surface area contributed by atoms with Gasteiger partial charge in [-0.1, -0.05) is 60.6 Å². The SMILES string of the molecule is [2H]c1ccccc1C(N=C=O)=C(N=C=O)c1ccccc1[2H]. The molecule has 0 aromatic heterocycles. The van der Waals surface area contributed by atoms with Crippen molar-refractivity contribution in [3.63, 3.8) is 0 Å². The lowest BCUT2D eigenvalue weighted by atomic mass is 10.1. The van der Waals surface area contributed by atoms with Crippen LogP contribution in [0.2, 0.25) is 0 Å². The number of benzene rings is 2. The Morgan fingerprint density at radius 3 is 1.60 bits per heavy atom. The van der Waals surface area contributed by atoms with Gasteiger partial charge in [0.05, 0.1) is 2.74 Å². The normalized spacial score (nSPS) is 12.2. The molecule has 2 aromatic carbocycles. The molecule has 2 rings (SSSR count). The van der Waals surface area contributed by atoms with Crippen LogP contribution < -0.4 is 0 Å². The third-order valence-corrected chi connectivity index (χ3v) is 2.47. The molecule has 0 atom stereocenters. The first kappa shape index (κ1) is 10.8. The number of rotatable bonds is 4. The molecule has 0 unspecified atom stereocenters. The molecule has 0 amide bonds. The van der Waals surface area contributed by atoms with E-state index < -0.39 is 0 Å². The molecule has 96 valence electrons. The topological polar surface area (TPSA) is 58.9 Å². The summed E-state index contributed by atoms with van der Waals surface area (Å²) in [6.07, 6.45) is 2.81. The first-order valence-electron chi connectivity index (χ1n) is 6.71. The number of aliphatic imine (C=N–C) groups is 2. The summed E-state index contributed by atoms with van der Waals surface area (Å²) in [4.78, 5) is 28.7. The highest BCUT2D eigenvalue weighted by atomic mass is 16.1. The molecule has 0 bridgehead atoms. The van der Waals surface area contributed by atoms with Crippen LogP contribution >= 0.6 is 0 Å². The molecule has 0 radical (unpaired) electrons. The lowest BCUT2D eigenvalue weighted by molar-refractivity contribution is 0.564. The van der Waals surface area contributed by atoms with Gasteiger partial charge in [0, 0.05) is 11.1 Å². The van der Waals surface area contributed by atoms with E-state index in [1.54, 1.807) is 36.4 Å². The van der Waals surface area contributed by atoms with Crippen molar-refractivity contribution in [2.45, 2.75) is 0 Å². The monoisotopic (exact) mass is 264 g/mol. The fourth-order valence-electron chi connectivity index (χ4n) is 1.65. The van der Waals surface area contributed by atoms with Crippen molar-refractivity contribution < 1.29 is 12.3 Å². The molecule has 0 saturated heterocycles. The van der Waals surface area contributed by atoms with Gasteiger partial charge < -0.3 is 0 Å². The molecule has 0 aliphatic heterocycles. The van der Waals surface area contributed by atoms with E-state index in [2.05, 4.69) is 9.98 Å². The van der Waals surface area contributed by atoms with Gasteiger partial charge in [-0.05, 0) is 0 Å². The van der Waals surface area contributed by atoms with Gasteiger partial charge >= 0.3 is 0 Å². The zero-order valence-electron chi connectivity index (χ0n) is 12.3. The summed E-state index contributed by atoms with van der Waals surface area (Å²) in [6.45, 7) is 0. The smallest absolute Gasteiger partial charge is 0.211 e. The van der Waals surface area contributed by atoms with Gasteiger partial charge in [0.1, 0.15) is 11.4 Å². The third kappa shape index (κ3) is 3.03. The maximum Gasteiger partial charge on any atom is 0.240 e. The molecule has 0 spiro atoms. The highest BCUT2D eigenvalue weighted by Gasteiger charge is 2.10. The van der Waals surface area contributed by atoms with Crippen molar-refractivity contribution in [3.05, 3.63) is 71.7 Å². The summed E-state index contributed by atoms with van der Waals surface area (Å²) in [6, 6.07) is 13.1. The van der Waals surface area contributed by atoms with E-state index >= 15 is 0 Å². The molecular weight excluding hydrogens is 252 g/mol. The lowest BCUT2D eigenvalue weighted by Crippen LogP contribution is -1.89. The van der Waals surface area contributed by atoms with Crippen LogP contribution in [0.5, 0.6) is 0 Å². The summed E-state index contributed by atoms with van der Waals surface area (Å²) in [5.41, 5.74) is 0.624. The van der Waals surface area contributed by atoms with Crippen molar-refractivity contribution >= 4 is 23.6 Å². The molecule has 2 aromatic rings. The third-order valence-electron chi connectivity index (χ3n) is 2.47. The maximum atomic E-state index is 10.8. The second kappa shape index (κ2) is 6.76. The van der Waals surface area contributed by atoms with Crippen molar-refractivity contribution in [1.29, 1.82) is 0 Å². The van der Waals surface area contributed by atoms with E-state index in [1.165, 1.54) is 24.3 Å². The molecule has 0 heterocycles. The average molecular weight is 264 g/mol. The molecule has 20 heavy (non-hydrogen) atoms. The minimum atomic E-state index is 0.00338. The van der Waals surface area contributed by atoms with Crippen molar-refractivity contribution in [1.82, 2.24) is 0 Å². The second-order valence-electron chi connectivity index (χ2n) is 3.66. The quantitative estimate of drug-likeness (QED) is 0.483. The molecular formula is C16H10N2O2. The van der Waals surface area contributed by atoms with E-state index in [-0.39, 0.29) is 23.5 Å². The largest absolute Gasteiger partial charge is 0.240 e. The Labute approximate surface area is 118 Å². The van der Waals surface area contributed by atoms with E-state index in [1.807, 2.05) is 0 Å². The van der Waals surface area contributed by atoms with E-state index in [4.69, 9.17) is 2.74 Å². The molecule has 0 saturated carbocycles. The zero-order chi connectivity index (χ0) is 15.9. The summed E-state index contributed by atoms with van der Waals surface area (Å²) in [5.74, 6) is 0. The van der Waals surface area contributed by atoms with Gasteiger partial charge in [-0.15, -0.1) is 0 Å². The van der Waals surface area contributed by atoms with Gasteiger partial charge in [-0.3, -0.25) is 0 Å². The predicted molar refractivity (Wildman–Crippen MR) is 75.9 cm³/mol. The van der Waals surface area contributed by atoms with Gasteiger partial charge in [-0.2, -0.15) is 9.98 Å². The molecule has 0 aliphatic rings. The molecule has 0 N–H and O–H groups in total.